The van der Waals surface area contributed by atoms with Crippen molar-refractivity contribution in [3.05, 3.63) is 82.4 Å². The van der Waals surface area contributed by atoms with Crippen LogP contribution >= 0.6 is 11.6 Å². The Balaban J connectivity index is 1.51. The van der Waals surface area contributed by atoms with Gasteiger partial charge in [-0.25, -0.2) is 14.2 Å². The maximum atomic E-state index is 14.8. The molecule has 1 aliphatic heterocycles. The summed E-state index contributed by atoms with van der Waals surface area (Å²) in [5.41, 5.74) is 2.12. The number of aryl methyl sites for hydroxylation is 1. The minimum atomic E-state index is -0.488. The first-order valence-corrected chi connectivity index (χ1v) is 12.4. The second kappa shape index (κ2) is 10.2. The lowest BCUT2D eigenvalue weighted by Crippen LogP contribution is -2.36. The molecule has 1 unspecified atom stereocenters. The molecule has 1 atom stereocenters. The fourth-order valence-electron chi connectivity index (χ4n) is 4.87. The summed E-state index contributed by atoms with van der Waals surface area (Å²) in [6, 6.07) is 11.2. The standard InChI is InChI=1S/C28H27ClFN5O2/c1-31-16-18-4-3-9-34(17-18)26-13-20(7-8-32-26)23-15-21(30)14-22(27(23)36)19-5-6-25(24(29)12-19)35-11-10-33(2)28(35)37/h5-8,10-16,18,36H,3-4,9,17H2,1-2H3/b31-16+. The summed E-state index contributed by atoms with van der Waals surface area (Å²) in [4.78, 5) is 23.2. The van der Waals surface area contributed by atoms with Gasteiger partial charge in [0.2, 0.25) is 0 Å². The fourth-order valence-corrected chi connectivity index (χ4v) is 5.14. The van der Waals surface area contributed by atoms with Crippen LogP contribution in [0.2, 0.25) is 5.02 Å². The quantitative estimate of drug-likeness (QED) is 0.362. The van der Waals surface area contributed by atoms with Gasteiger partial charge in [0.15, 0.2) is 0 Å². The number of halogens is 2. The lowest BCUT2D eigenvalue weighted by atomic mass is 9.96. The summed E-state index contributed by atoms with van der Waals surface area (Å²) < 4.78 is 17.7. The number of phenolic OH excluding ortho intramolecular Hbond substituents is 1. The van der Waals surface area contributed by atoms with E-state index in [1.807, 2.05) is 12.3 Å². The predicted molar refractivity (Wildman–Crippen MR) is 146 cm³/mol. The molecule has 0 saturated carbocycles. The SMILES string of the molecule is C/N=C/C1CCCN(c2cc(-c3cc(F)cc(-c4ccc(-n5ccn(C)c5=O)c(Cl)c4)c3O)ccn2)C1. The molecule has 0 bridgehead atoms. The first kappa shape index (κ1) is 24.8. The summed E-state index contributed by atoms with van der Waals surface area (Å²) in [5, 5.41) is 11.5. The lowest BCUT2D eigenvalue weighted by molar-refractivity contribution is 0.477. The highest BCUT2D eigenvalue weighted by atomic mass is 35.5. The van der Waals surface area contributed by atoms with E-state index in [-0.39, 0.29) is 11.4 Å². The number of aromatic hydroxyl groups is 1. The first-order valence-electron chi connectivity index (χ1n) is 12.1. The molecular weight excluding hydrogens is 493 g/mol. The highest BCUT2D eigenvalue weighted by Crippen LogP contribution is 2.41. The van der Waals surface area contributed by atoms with Gasteiger partial charge in [-0.05, 0) is 60.4 Å². The molecule has 0 aliphatic carbocycles. The number of anilines is 1. The molecule has 0 radical (unpaired) electrons. The number of nitrogens with zero attached hydrogens (tertiary/aromatic N) is 5. The molecule has 2 aromatic heterocycles. The van der Waals surface area contributed by atoms with Crippen molar-refractivity contribution < 1.29 is 9.50 Å². The van der Waals surface area contributed by atoms with E-state index in [1.54, 1.807) is 57.0 Å². The normalized spacial score (nSPS) is 16.0. The van der Waals surface area contributed by atoms with E-state index in [0.29, 0.717) is 38.9 Å². The van der Waals surface area contributed by atoms with Gasteiger partial charge in [-0.3, -0.25) is 4.57 Å². The Bertz CT molecular complexity index is 1540. The predicted octanol–water partition coefficient (Wildman–Crippen LogP) is 5.32. The molecule has 7 nitrogen and oxygen atoms in total. The van der Waals surface area contributed by atoms with Gasteiger partial charge in [-0.1, -0.05) is 17.7 Å². The number of piperidine rings is 1. The Morgan fingerprint density at radius 2 is 1.89 bits per heavy atom. The van der Waals surface area contributed by atoms with Crippen LogP contribution in [0.4, 0.5) is 10.2 Å². The molecule has 2 aromatic carbocycles. The van der Waals surface area contributed by atoms with Crippen molar-refractivity contribution in [1.29, 1.82) is 0 Å². The second-order valence-electron chi connectivity index (χ2n) is 9.24. The van der Waals surface area contributed by atoms with Crippen molar-refractivity contribution in [2.45, 2.75) is 12.8 Å². The molecule has 190 valence electrons. The van der Waals surface area contributed by atoms with Crippen molar-refractivity contribution in [2.75, 3.05) is 25.0 Å². The van der Waals surface area contributed by atoms with Crippen molar-refractivity contribution in [3.63, 3.8) is 0 Å². The van der Waals surface area contributed by atoms with E-state index >= 15 is 0 Å². The minimum Gasteiger partial charge on any atom is -0.507 e. The number of rotatable bonds is 5. The van der Waals surface area contributed by atoms with Gasteiger partial charge in [0.25, 0.3) is 0 Å². The Hall–Kier alpha value is -3.91. The average molecular weight is 520 g/mol. The zero-order chi connectivity index (χ0) is 26.1. The average Bonchev–Trinajstić information content (AvgIpc) is 3.23. The molecule has 37 heavy (non-hydrogen) atoms. The van der Waals surface area contributed by atoms with Crippen LogP contribution in [0.5, 0.6) is 5.75 Å². The van der Waals surface area contributed by atoms with Gasteiger partial charge in [0.05, 0.1) is 10.7 Å². The van der Waals surface area contributed by atoms with Crippen LogP contribution in [0.15, 0.2) is 70.8 Å². The van der Waals surface area contributed by atoms with E-state index in [1.165, 1.54) is 21.3 Å². The molecule has 1 saturated heterocycles. The molecule has 9 heteroatoms. The molecule has 1 N–H and O–H groups in total. The third-order valence-electron chi connectivity index (χ3n) is 6.74. The lowest BCUT2D eigenvalue weighted by Gasteiger charge is -2.32. The van der Waals surface area contributed by atoms with Gasteiger partial charge < -0.3 is 19.6 Å². The van der Waals surface area contributed by atoms with Crippen LogP contribution in [-0.4, -0.2) is 45.6 Å². The van der Waals surface area contributed by atoms with Gasteiger partial charge >= 0.3 is 5.69 Å². The highest BCUT2D eigenvalue weighted by molar-refractivity contribution is 6.32. The number of aromatic nitrogens is 3. The molecule has 1 fully saturated rings. The smallest absolute Gasteiger partial charge is 0.332 e. The van der Waals surface area contributed by atoms with E-state index in [9.17, 15) is 14.3 Å². The highest BCUT2D eigenvalue weighted by Gasteiger charge is 2.21. The van der Waals surface area contributed by atoms with Crippen LogP contribution in [0.1, 0.15) is 12.8 Å². The van der Waals surface area contributed by atoms with Gasteiger partial charge in [-0.2, -0.15) is 0 Å². The van der Waals surface area contributed by atoms with Crippen LogP contribution in [0.25, 0.3) is 27.9 Å². The maximum absolute atomic E-state index is 14.8. The number of phenols is 1. The fraction of sp³-hybridized carbons (Fsp3) is 0.250. The number of aliphatic imine (C=N–C) groups is 1. The molecule has 1 aliphatic rings. The van der Waals surface area contributed by atoms with E-state index in [2.05, 4.69) is 14.9 Å². The maximum Gasteiger partial charge on any atom is 0.332 e. The van der Waals surface area contributed by atoms with Crippen LogP contribution < -0.4 is 10.6 Å². The Morgan fingerprint density at radius 1 is 1.14 bits per heavy atom. The zero-order valence-electron chi connectivity index (χ0n) is 20.6. The summed E-state index contributed by atoms with van der Waals surface area (Å²) >= 11 is 6.52. The molecular formula is C28H27ClFN5O2. The molecule has 4 aromatic rings. The monoisotopic (exact) mass is 519 g/mol. The number of hydrogen-bond donors (Lipinski definition) is 1. The van der Waals surface area contributed by atoms with Crippen molar-refractivity contribution in [2.24, 2.45) is 18.0 Å². The van der Waals surface area contributed by atoms with Crippen LogP contribution in [0, 0.1) is 11.7 Å². The number of pyridine rings is 1. The molecule has 5 rings (SSSR count). The third kappa shape index (κ3) is 4.89. The van der Waals surface area contributed by atoms with Gasteiger partial charge in [0.1, 0.15) is 17.4 Å². The molecule has 0 amide bonds. The number of hydrogen-bond acceptors (Lipinski definition) is 5. The van der Waals surface area contributed by atoms with Gasteiger partial charge in [0, 0.05) is 69.0 Å². The van der Waals surface area contributed by atoms with Crippen LogP contribution in [0.3, 0.4) is 0 Å². The second-order valence-corrected chi connectivity index (χ2v) is 9.64. The van der Waals surface area contributed by atoms with Crippen molar-refractivity contribution >= 4 is 23.6 Å². The minimum absolute atomic E-state index is 0.0612. The Kier molecular flexibility index (Phi) is 6.84. The van der Waals surface area contributed by atoms with Crippen molar-refractivity contribution in [3.8, 4) is 33.7 Å². The van der Waals surface area contributed by atoms with E-state index in [4.69, 9.17) is 11.6 Å². The number of benzene rings is 2. The summed E-state index contributed by atoms with van der Waals surface area (Å²) in [6.45, 7) is 1.68. The van der Waals surface area contributed by atoms with E-state index < -0.39 is 5.82 Å². The topological polar surface area (TPSA) is 75.7 Å². The zero-order valence-corrected chi connectivity index (χ0v) is 21.4. The summed E-state index contributed by atoms with van der Waals surface area (Å²) in [6.07, 6.45) is 9.04. The van der Waals surface area contributed by atoms with Crippen LogP contribution in [-0.2, 0) is 7.05 Å². The van der Waals surface area contributed by atoms with Crippen molar-refractivity contribution in [1.82, 2.24) is 14.1 Å². The Labute approximate surface area is 219 Å². The summed E-state index contributed by atoms with van der Waals surface area (Å²) in [7, 11) is 3.44. The van der Waals surface area contributed by atoms with Gasteiger partial charge in [-0.15, -0.1) is 0 Å². The Morgan fingerprint density at radius 3 is 2.57 bits per heavy atom. The third-order valence-corrected chi connectivity index (χ3v) is 7.04. The molecule has 0 spiro atoms. The molecule has 3 heterocycles. The first-order chi connectivity index (χ1) is 17.9. The van der Waals surface area contributed by atoms with E-state index in [0.717, 1.165) is 31.7 Å². The summed E-state index contributed by atoms with van der Waals surface area (Å²) in [5.74, 6) is 0.585. The number of imidazole rings is 1. The largest absolute Gasteiger partial charge is 0.507 e.